The minimum atomic E-state index is -1.77. The molecule has 1 saturated heterocycles. The van der Waals surface area contributed by atoms with Crippen molar-refractivity contribution in [3.05, 3.63) is 0 Å². The molecule has 0 aromatic heterocycles. The molecule has 0 saturated carbocycles. The molecule has 15 N–H and O–H groups in total. The van der Waals surface area contributed by atoms with Gasteiger partial charge in [0.1, 0.15) is 42.3 Å². The number of carboxylic acid groups (broad SMARTS) is 2. The van der Waals surface area contributed by atoms with Crippen LogP contribution >= 0.6 is 0 Å². The van der Waals surface area contributed by atoms with Crippen LogP contribution < -0.4 is 43.8 Å². The van der Waals surface area contributed by atoms with Gasteiger partial charge in [-0.25, -0.2) is 4.79 Å². The van der Waals surface area contributed by atoms with Crippen molar-refractivity contribution in [3.63, 3.8) is 0 Å². The lowest BCUT2D eigenvalue weighted by Gasteiger charge is -2.32. The average molecular weight is 759 g/mol. The Hall–Kier alpha value is -5.09. The summed E-state index contributed by atoms with van der Waals surface area (Å²) in [6, 6.07) is -9.79. The molecule has 0 aliphatic carbocycles. The molecule has 22 nitrogen and oxygen atoms in total. The van der Waals surface area contributed by atoms with Gasteiger partial charge in [-0.2, -0.15) is 0 Å². The predicted octanol–water partition coefficient (Wildman–Crippen LogP) is -5.36. The quantitative estimate of drug-likeness (QED) is 0.0279. The van der Waals surface area contributed by atoms with Crippen molar-refractivity contribution < 1.29 is 58.8 Å². The van der Waals surface area contributed by atoms with Crippen LogP contribution in [0.2, 0.25) is 0 Å². The Kier molecular flexibility index (Phi) is 19.1. The van der Waals surface area contributed by atoms with Crippen LogP contribution in [0.1, 0.15) is 59.8 Å². The normalized spacial score (nSPS) is 17.4. The van der Waals surface area contributed by atoms with Crippen LogP contribution in [0.25, 0.3) is 0 Å². The fourth-order valence-corrected chi connectivity index (χ4v) is 5.27. The third-order valence-corrected chi connectivity index (χ3v) is 8.24. The molecule has 1 rings (SSSR count). The van der Waals surface area contributed by atoms with E-state index in [1.807, 2.05) is 0 Å². The number of rotatable bonds is 22. The summed E-state index contributed by atoms with van der Waals surface area (Å²) in [7, 11) is 0. The van der Waals surface area contributed by atoms with E-state index in [0.717, 1.165) is 0 Å². The summed E-state index contributed by atoms with van der Waals surface area (Å²) in [4.78, 5) is 107. The highest BCUT2D eigenvalue weighted by Gasteiger charge is 2.41. The summed E-state index contributed by atoms with van der Waals surface area (Å²) in [6.45, 7) is 4.79. The molecule has 1 aliphatic rings. The molecule has 0 aromatic carbocycles. The van der Waals surface area contributed by atoms with Gasteiger partial charge in [-0.3, -0.25) is 38.6 Å². The fourth-order valence-electron chi connectivity index (χ4n) is 5.27. The first-order valence-electron chi connectivity index (χ1n) is 17.0. The summed E-state index contributed by atoms with van der Waals surface area (Å²) >= 11 is 0. The maximum absolute atomic E-state index is 13.8. The number of carbonyl (C=O) groups is 8. The van der Waals surface area contributed by atoms with Gasteiger partial charge >= 0.3 is 11.9 Å². The monoisotopic (exact) mass is 758 g/mol. The number of likely N-dealkylation sites (tertiary alicyclic amines) is 1. The number of nitrogens with one attached hydrogen (secondary N) is 5. The molecular formula is C31H54N10O12. The molecule has 0 unspecified atom stereocenters. The van der Waals surface area contributed by atoms with Gasteiger partial charge in [0.25, 0.3) is 0 Å². The molecule has 0 radical (unpaired) electrons. The zero-order valence-electron chi connectivity index (χ0n) is 30.2. The van der Waals surface area contributed by atoms with E-state index in [9.17, 15) is 58.8 Å². The number of nitrogens with two attached hydrogens (primary N) is 3. The smallest absolute Gasteiger partial charge is 0.326 e. The Morgan fingerprint density at radius 3 is 1.81 bits per heavy atom. The van der Waals surface area contributed by atoms with Crippen LogP contribution in [0.5, 0.6) is 0 Å². The second kappa shape index (κ2) is 22.1. The van der Waals surface area contributed by atoms with Crippen molar-refractivity contribution >= 4 is 53.3 Å². The first-order chi connectivity index (χ1) is 24.7. The number of hydrogen-bond acceptors (Lipinski definition) is 12. The molecule has 0 bridgehead atoms. The van der Waals surface area contributed by atoms with Crippen molar-refractivity contribution in [1.29, 1.82) is 0 Å². The molecule has 22 heteroatoms. The summed E-state index contributed by atoms with van der Waals surface area (Å²) in [6.07, 6.45) is -0.202. The number of carbonyl (C=O) groups excluding carboxylic acids is 6. The van der Waals surface area contributed by atoms with Gasteiger partial charge in [0.15, 0.2) is 5.96 Å². The maximum Gasteiger partial charge on any atom is 0.326 e. The van der Waals surface area contributed by atoms with E-state index in [4.69, 9.17) is 17.2 Å². The first-order valence-corrected chi connectivity index (χ1v) is 17.0. The first kappa shape index (κ1) is 45.9. The van der Waals surface area contributed by atoms with Crippen LogP contribution in [0, 0.1) is 11.8 Å². The second-order valence-electron chi connectivity index (χ2n) is 13.2. The number of aliphatic carboxylic acids is 2. The van der Waals surface area contributed by atoms with E-state index in [2.05, 4.69) is 31.6 Å². The van der Waals surface area contributed by atoms with Crippen molar-refractivity contribution in [2.45, 2.75) is 102 Å². The lowest BCUT2D eigenvalue weighted by molar-refractivity contribution is -0.145. The van der Waals surface area contributed by atoms with E-state index >= 15 is 0 Å². The molecule has 0 aromatic rings. The maximum atomic E-state index is 13.8. The summed E-state index contributed by atoms with van der Waals surface area (Å²) in [5, 5.41) is 49.6. The highest BCUT2D eigenvalue weighted by Crippen LogP contribution is 2.21. The van der Waals surface area contributed by atoms with Crippen LogP contribution in [-0.4, -0.2) is 147 Å². The zero-order valence-corrected chi connectivity index (χ0v) is 30.2. The van der Waals surface area contributed by atoms with Gasteiger partial charge in [0.2, 0.25) is 35.4 Å². The molecule has 7 atom stereocenters. The van der Waals surface area contributed by atoms with Crippen LogP contribution in [0.4, 0.5) is 0 Å². The van der Waals surface area contributed by atoms with E-state index in [1.54, 1.807) is 13.8 Å². The van der Waals surface area contributed by atoms with Crippen molar-refractivity contribution in [2.75, 3.05) is 26.3 Å². The van der Waals surface area contributed by atoms with E-state index in [0.29, 0.717) is 6.42 Å². The third-order valence-electron chi connectivity index (χ3n) is 8.24. The van der Waals surface area contributed by atoms with Gasteiger partial charge in [-0.05, 0) is 37.5 Å². The number of guanidine groups is 1. The number of nitrogens with zero attached hydrogens (tertiary/aromatic N) is 2. The molecule has 1 heterocycles. The molecule has 53 heavy (non-hydrogen) atoms. The Labute approximate surface area is 306 Å². The summed E-state index contributed by atoms with van der Waals surface area (Å²) < 4.78 is 0. The molecule has 0 spiro atoms. The van der Waals surface area contributed by atoms with Gasteiger partial charge in [-0.15, -0.1) is 0 Å². The standard InChI is InChI=1S/C31H54N10O12/c1-14(2)22(39-25(47)17(7-5-9-35-31(33)34)36-24(46)16(32)12-42)29(51)41-10-6-8-20(41)28(50)38-19(13-43)27(49)37-18(11-21(44)45)26(48)40-23(15(3)4)30(52)53/h14-20,22-23,42-43H,5-13,32H2,1-4H3,(H,36,46)(H,37,49)(H,38,50)(H,39,47)(H,40,48)(H,44,45)(H,52,53)(H4,33,34,35)/t16-,17-,18-,19-,20-,22-,23-/m0/s1. The predicted molar refractivity (Wildman–Crippen MR) is 186 cm³/mol. The van der Waals surface area contributed by atoms with Crippen molar-refractivity contribution in [3.8, 4) is 0 Å². The van der Waals surface area contributed by atoms with E-state index in [1.165, 1.54) is 18.7 Å². The number of carboxylic acids is 2. The number of hydrogen-bond donors (Lipinski definition) is 12. The van der Waals surface area contributed by atoms with Crippen LogP contribution in [-0.2, 0) is 38.4 Å². The number of aliphatic hydroxyl groups is 2. The van der Waals surface area contributed by atoms with Crippen molar-refractivity contribution in [2.24, 2.45) is 34.0 Å². The van der Waals surface area contributed by atoms with Gasteiger partial charge in [0.05, 0.1) is 19.6 Å². The van der Waals surface area contributed by atoms with Crippen LogP contribution in [0.3, 0.4) is 0 Å². The minimum Gasteiger partial charge on any atom is -0.481 e. The molecular weight excluding hydrogens is 704 g/mol. The summed E-state index contributed by atoms with van der Waals surface area (Å²) in [5.74, 6) is -9.60. The largest absolute Gasteiger partial charge is 0.481 e. The van der Waals surface area contributed by atoms with E-state index < -0.39 is 121 Å². The fraction of sp³-hybridized carbons (Fsp3) is 0.710. The van der Waals surface area contributed by atoms with Gasteiger partial charge in [0, 0.05) is 13.1 Å². The third kappa shape index (κ3) is 14.8. The minimum absolute atomic E-state index is 0.0255. The Balaban J connectivity index is 3.14. The Bertz CT molecular complexity index is 1360. The summed E-state index contributed by atoms with van der Waals surface area (Å²) in [5.41, 5.74) is 16.3. The lowest BCUT2D eigenvalue weighted by atomic mass is 10.0. The van der Waals surface area contributed by atoms with E-state index in [-0.39, 0.29) is 38.3 Å². The SMILES string of the molecule is CC(C)[C@H](NC(=O)[C@H](CC(=O)O)NC(=O)[C@H](CO)NC(=O)[C@@H]1CCCN1C(=O)[C@@H](NC(=O)[C@H](CCCN=C(N)N)NC(=O)[C@@H](N)CO)C(C)C)C(=O)O. The number of aliphatic imine (C=N–C) groups is 1. The van der Waals surface area contributed by atoms with Gasteiger partial charge in [-0.1, -0.05) is 27.7 Å². The molecule has 1 fully saturated rings. The highest BCUT2D eigenvalue weighted by molar-refractivity contribution is 5.98. The number of amides is 6. The number of aliphatic hydroxyl groups excluding tert-OH is 2. The second-order valence-corrected chi connectivity index (χ2v) is 13.2. The molecule has 300 valence electrons. The van der Waals surface area contributed by atoms with Crippen molar-refractivity contribution in [1.82, 2.24) is 31.5 Å². The van der Waals surface area contributed by atoms with Crippen LogP contribution in [0.15, 0.2) is 4.99 Å². The average Bonchev–Trinajstić information content (AvgIpc) is 3.58. The van der Waals surface area contributed by atoms with Gasteiger partial charge < -0.3 is 69.1 Å². The zero-order chi connectivity index (χ0) is 40.6. The molecule has 6 amide bonds. The topological polar surface area (TPSA) is 371 Å². The Morgan fingerprint density at radius 1 is 0.755 bits per heavy atom. The molecule has 1 aliphatic heterocycles. The Morgan fingerprint density at radius 2 is 1.30 bits per heavy atom. The highest BCUT2D eigenvalue weighted by atomic mass is 16.4. The lowest BCUT2D eigenvalue weighted by Crippen LogP contribution is -2.61.